The Labute approximate surface area is 100 Å². The van der Waals surface area contributed by atoms with Crippen LogP contribution >= 0.6 is 12.4 Å². The van der Waals surface area contributed by atoms with Crippen molar-refractivity contribution in [2.75, 3.05) is 18.0 Å². The number of rotatable bonds is 1. The van der Waals surface area contributed by atoms with Gasteiger partial charge in [0.25, 0.3) is 0 Å². The van der Waals surface area contributed by atoms with E-state index in [1.54, 1.807) is 0 Å². The van der Waals surface area contributed by atoms with Crippen LogP contribution in [0.25, 0.3) is 11.0 Å². The Kier molecular flexibility index (Phi) is 3.03. The van der Waals surface area contributed by atoms with Gasteiger partial charge in [0.05, 0.1) is 11.0 Å². The molecule has 2 heterocycles. The number of halogens is 1. The zero-order valence-corrected chi connectivity index (χ0v) is 9.70. The number of nitrogens with one attached hydrogen (secondary N) is 1. The number of H-pyrrole nitrogens is 1. The topological polar surface area (TPSA) is 57.9 Å². The summed E-state index contributed by atoms with van der Waals surface area (Å²) in [5.74, 6) is 0.948. The number of fused-ring (bicyclic) bond motifs is 1. The molecule has 0 radical (unpaired) electrons. The zero-order valence-electron chi connectivity index (χ0n) is 8.89. The highest BCUT2D eigenvalue weighted by molar-refractivity contribution is 5.85. The van der Waals surface area contributed by atoms with Crippen LogP contribution in [0.4, 0.5) is 5.95 Å². The number of hydrogen-bond acceptors (Lipinski definition) is 3. The summed E-state index contributed by atoms with van der Waals surface area (Å²) < 4.78 is 0. The van der Waals surface area contributed by atoms with E-state index in [4.69, 9.17) is 5.73 Å². The fraction of sp³-hybridized carbons (Fsp3) is 0.364. The van der Waals surface area contributed by atoms with E-state index in [1.165, 1.54) is 0 Å². The molecule has 2 aromatic rings. The number of aromatic nitrogens is 2. The lowest BCUT2D eigenvalue weighted by atomic mass is 10.3. The van der Waals surface area contributed by atoms with Crippen molar-refractivity contribution >= 4 is 29.4 Å². The molecule has 1 fully saturated rings. The standard InChI is InChI=1S/C11H14N4.ClH/c12-8-5-6-15(7-8)11-13-9-3-1-2-4-10(9)14-11;/h1-4,8H,5-7,12H2,(H,13,14);1H/t8-;/m1./s1. The van der Waals surface area contributed by atoms with Crippen molar-refractivity contribution in [2.45, 2.75) is 12.5 Å². The quantitative estimate of drug-likeness (QED) is 0.792. The molecule has 1 saturated heterocycles. The Morgan fingerprint density at radius 3 is 2.88 bits per heavy atom. The summed E-state index contributed by atoms with van der Waals surface area (Å²) in [6.45, 7) is 1.90. The van der Waals surface area contributed by atoms with Gasteiger partial charge in [0.1, 0.15) is 0 Å². The Balaban J connectivity index is 0.000000963. The maximum Gasteiger partial charge on any atom is 0.203 e. The third-order valence-corrected chi connectivity index (χ3v) is 2.90. The van der Waals surface area contributed by atoms with Crippen LogP contribution in [0.1, 0.15) is 6.42 Å². The molecule has 0 unspecified atom stereocenters. The smallest absolute Gasteiger partial charge is 0.203 e. The first-order valence-corrected chi connectivity index (χ1v) is 5.28. The minimum absolute atomic E-state index is 0. The minimum Gasteiger partial charge on any atom is -0.341 e. The highest BCUT2D eigenvalue weighted by Crippen LogP contribution is 2.20. The molecule has 16 heavy (non-hydrogen) atoms. The number of anilines is 1. The van der Waals surface area contributed by atoms with Crippen LogP contribution in [-0.4, -0.2) is 29.1 Å². The lowest BCUT2D eigenvalue weighted by Gasteiger charge is -2.13. The summed E-state index contributed by atoms with van der Waals surface area (Å²) in [5, 5.41) is 0. The van der Waals surface area contributed by atoms with E-state index in [2.05, 4.69) is 14.9 Å². The monoisotopic (exact) mass is 238 g/mol. The first-order chi connectivity index (χ1) is 7.33. The van der Waals surface area contributed by atoms with E-state index in [0.717, 1.165) is 36.5 Å². The number of nitrogens with zero attached hydrogens (tertiary/aromatic N) is 2. The second-order valence-electron chi connectivity index (χ2n) is 4.07. The second kappa shape index (κ2) is 4.31. The Hall–Kier alpha value is -1.26. The molecule has 1 atom stereocenters. The number of benzene rings is 1. The van der Waals surface area contributed by atoms with Crippen molar-refractivity contribution in [1.82, 2.24) is 9.97 Å². The molecule has 1 aliphatic rings. The Morgan fingerprint density at radius 1 is 1.38 bits per heavy atom. The van der Waals surface area contributed by atoms with Crippen LogP contribution < -0.4 is 10.6 Å². The Bertz CT molecular complexity index is 449. The van der Waals surface area contributed by atoms with Crippen molar-refractivity contribution in [2.24, 2.45) is 5.73 Å². The summed E-state index contributed by atoms with van der Waals surface area (Å²) in [6.07, 6.45) is 1.05. The van der Waals surface area contributed by atoms with Gasteiger partial charge in [-0.25, -0.2) is 4.98 Å². The van der Waals surface area contributed by atoms with Gasteiger partial charge in [0, 0.05) is 19.1 Å². The Morgan fingerprint density at radius 2 is 2.19 bits per heavy atom. The van der Waals surface area contributed by atoms with E-state index < -0.39 is 0 Å². The molecular weight excluding hydrogens is 224 g/mol. The number of para-hydroxylation sites is 2. The summed E-state index contributed by atoms with van der Waals surface area (Å²) in [4.78, 5) is 10.1. The van der Waals surface area contributed by atoms with Gasteiger partial charge in [-0.05, 0) is 18.6 Å². The van der Waals surface area contributed by atoms with E-state index in [-0.39, 0.29) is 12.4 Å². The van der Waals surface area contributed by atoms with Crippen LogP contribution in [0.3, 0.4) is 0 Å². The molecule has 1 aromatic heterocycles. The van der Waals surface area contributed by atoms with Crippen LogP contribution in [0.15, 0.2) is 24.3 Å². The van der Waals surface area contributed by atoms with Crippen molar-refractivity contribution in [1.29, 1.82) is 0 Å². The molecule has 1 aliphatic heterocycles. The van der Waals surface area contributed by atoms with E-state index >= 15 is 0 Å². The predicted molar refractivity (Wildman–Crippen MR) is 68.1 cm³/mol. The summed E-state index contributed by atoms with van der Waals surface area (Å²) in [5.41, 5.74) is 7.99. The SMILES string of the molecule is Cl.N[C@@H]1CCN(c2nc3ccccc3[nH]2)C1. The molecular formula is C11H15ClN4. The summed E-state index contributed by atoms with van der Waals surface area (Å²) >= 11 is 0. The van der Waals surface area contributed by atoms with Crippen molar-refractivity contribution in [3.05, 3.63) is 24.3 Å². The molecule has 1 aromatic carbocycles. The first kappa shape index (κ1) is 11.2. The fourth-order valence-electron chi connectivity index (χ4n) is 2.07. The van der Waals surface area contributed by atoms with Crippen LogP contribution in [0, 0.1) is 0 Å². The fourth-order valence-corrected chi connectivity index (χ4v) is 2.07. The summed E-state index contributed by atoms with van der Waals surface area (Å²) in [7, 11) is 0. The van der Waals surface area contributed by atoms with E-state index in [0.29, 0.717) is 6.04 Å². The van der Waals surface area contributed by atoms with Gasteiger partial charge in [-0.15, -0.1) is 12.4 Å². The van der Waals surface area contributed by atoms with Crippen molar-refractivity contribution in [3.8, 4) is 0 Å². The van der Waals surface area contributed by atoms with Crippen molar-refractivity contribution < 1.29 is 0 Å². The molecule has 3 N–H and O–H groups in total. The van der Waals surface area contributed by atoms with Crippen LogP contribution in [0.5, 0.6) is 0 Å². The number of hydrogen-bond donors (Lipinski definition) is 2. The molecule has 5 heteroatoms. The second-order valence-corrected chi connectivity index (χ2v) is 4.07. The van der Waals surface area contributed by atoms with E-state index in [9.17, 15) is 0 Å². The van der Waals surface area contributed by atoms with Gasteiger partial charge < -0.3 is 15.6 Å². The molecule has 0 spiro atoms. The maximum absolute atomic E-state index is 5.87. The molecule has 4 nitrogen and oxygen atoms in total. The van der Waals surface area contributed by atoms with Gasteiger partial charge in [0.15, 0.2) is 0 Å². The first-order valence-electron chi connectivity index (χ1n) is 5.28. The largest absolute Gasteiger partial charge is 0.341 e. The van der Waals surface area contributed by atoms with Gasteiger partial charge in [-0.3, -0.25) is 0 Å². The minimum atomic E-state index is 0. The normalized spacial score (nSPS) is 20.1. The van der Waals surface area contributed by atoms with E-state index in [1.807, 2.05) is 24.3 Å². The maximum atomic E-state index is 5.87. The highest BCUT2D eigenvalue weighted by atomic mass is 35.5. The van der Waals surface area contributed by atoms with Gasteiger partial charge in [0.2, 0.25) is 5.95 Å². The predicted octanol–water partition coefficient (Wildman–Crippen LogP) is 1.52. The molecule has 86 valence electrons. The third-order valence-electron chi connectivity index (χ3n) is 2.90. The number of aromatic amines is 1. The average molecular weight is 239 g/mol. The van der Waals surface area contributed by atoms with Gasteiger partial charge >= 0.3 is 0 Å². The molecule has 0 bridgehead atoms. The molecule has 0 amide bonds. The van der Waals surface area contributed by atoms with Crippen LogP contribution in [0.2, 0.25) is 0 Å². The number of imidazole rings is 1. The zero-order chi connectivity index (χ0) is 10.3. The number of nitrogens with two attached hydrogens (primary N) is 1. The van der Waals surface area contributed by atoms with Gasteiger partial charge in [-0.1, -0.05) is 12.1 Å². The molecule has 0 saturated carbocycles. The highest BCUT2D eigenvalue weighted by Gasteiger charge is 2.21. The summed E-state index contributed by atoms with van der Waals surface area (Å²) in [6, 6.07) is 8.37. The molecule has 3 rings (SSSR count). The molecule has 0 aliphatic carbocycles. The van der Waals surface area contributed by atoms with Gasteiger partial charge in [-0.2, -0.15) is 0 Å². The average Bonchev–Trinajstić information content (AvgIpc) is 2.82. The lowest BCUT2D eigenvalue weighted by Crippen LogP contribution is -2.26. The van der Waals surface area contributed by atoms with Crippen molar-refractivity contribution in [3.63, 3.8) is 0 Å². The van der Waals surface area contributed by atoms with Crippen LogP contribution in [-0.2, 0) is 0 Å². The lowest BCUT2D eigenvalue weighted by molar-refractivity contribution is 0.751. The third kappa shape index (κ3) is 1.86.